The molecule has 0 spiro atoms. The second-order valence-electron chi connectivity index (χ2n) is 6.64. The minimum atomic E-state index is -0.369. The number of hydrogen-bond acceptors (Lipinski definition) is 4. The number of rotatable bonds is 2. The molecule has 1 amide bonds. The first-order chi connectivity index (χ1) is 11.1. The van der Waals surface area contributed by atoms with E-state index in [1.165, 1.54) is 12.8 Å². The number of nitrogens with zero attached hydrogens (tertiary/aromatic N) is 2. The smallest absolute Gasteiger partial charge is 0.276 e. The van der Waals surface area contributed by atoms with Gasteiger partial charge in [-0.15, -0.1) is 12.4 Å². The zero-order chi connectivity index (χ0) is 16.0. The van der Waals surface area contributed by atoms with Gasteiger partial charge in [0, 0.05) is 23.5 Å². The van der Waals surface area contributed by atoms with E-state index in [1.54, 1.807) is 18.2 Å². The Morgan fingerprint density at radius 3 is 2.62 bits per heavy atom. The molecule has 4 rings (SSSR count). The first-order valence-corrected chi connectivity index (χ1v) is 8.13. The molecule has 2 saturated heterocycles. The van der Waals surface area contributed by atoms with Crippen LogP contribution in [0.5, 0.6) is 0 Å². The van der Waals surface area contributed by atoms with E-state index in [1.807, 2.05) is 6.07 Å². The van der Waals surface area contributed by atoms with Gasteiger partial charge in [-0.1, -0.05) is 12.1 Å². The summed E-state index contributed by atoms with van der Waals surface area (Å²) in [7, 11) is 2.16. The molecule has 1 aromatic heterocycles. The van der Waals surface area contributed by atoms with Crippen molar-refractivity contribution >= 4 is 29.2 Å². The SMILES string of the molecule is CN1C2CCC1CC(NC(=O)c1n[nH]c3ccccc3c1=O)C2.Cl. The van der Waals surface area contributed by atoms with Crippen molar-refractivity contribution in [2.24, 2.45) is 0 Å². The Hall–Kier alpha value is -1.92. The van der Waals surface area contributed by atoms with Gasteiger partial charge in [0.05, 0.1) is 5.52 Å². The van der Waals surface area contributed by atoms with Crippen LogP contribution in [-0.2, 0) is 0 Å². The Morgan fingerprint density at radius 2 is 1.92 bits per heavy atom. The molecule has 0 radical (unpaired) electrons. The van der Waals surface area contributed by atoms with E-state index in [0.717, 1.165) is 12.8 Å². The van der Waals surface area contributed by atoms with Crippen molar-refractivity contribution in [1.82, 2.24) is 20.4 Å². The Morgan fingerprint density at radius 1 is 1.25 bits per heavy atom. The fourth-order valence-corrected chi connectivity index (χ4v) is 4.01. The van der Waals surface area contributed by atoms with Gasteiger partial charge in [-0.05, 0) is 44.9 Å². The molecule has 2 aromatic rings. The van der Waals surface area contributed by atoms with Gasteiger partial charge in [-0.3, -0.25) is 14.7 Å². The third kappa shape index (κ3) is 2.80. The van der Waals surface area contributed by atoms with Crippen LogP contribution in [0.2, 0.25) is 0 Å². The van der Waals surface area contributed by atoms with Crippen molar-refractivity contribution in [2.75, 3.05) is 7.05 Å². The monoisotopic (exact) mass is 348 g/mol. The largest absolute Gasteiger partial charge is 0.348 e. The summed E-state index contributed by atoms with van der Waals surface area (Å²) in [4.78, 5) is 27.4. The highest BCUT2D eigenvalue weighted by atomic mass is 35.5. The summed E-state index contributed by atoms with van der Waals surface area (Å²) in [6.45, 7) is 0. The van der Waals surface area contributed by atoms with Crippen molar-refractivity contribution in [3.63, 3.8) is 0 Å². The summed E-state index contributed by atoms with van der Waals surface area (Å²) >= 11 is 0. The predicted molar refractivity (Wildman–Crippen MR) is 94.7 cm³/mol. The number of piperidine rings is 1. The molecule has 24 heavy (non-hydrogen) atoms. The summed E-state index contributed by atoms with van der Waals surface area (Å²) in [5.74, 6) is -0.369. The second-order valence-corrected chi connectivity index (χ2v) is 6.64. The Bertz CT molecular complexity index is 808. The van der Waals surface area contributed by atoms with Gasteiger partial charge in [0.25, 0.3) is 5.91 Å². The molecule has 0 aliphatic carbocycles. The highest BCUT2D eigenvalue weighted by Gasteiger charge is 2.39. The summed E-state index contributed by atoms with van der Waals surface area (Å²) in [5, 5.41) is 10.3. The second kappa shape index (κ2) is 6.53. The molecule has 6 nitrogen and oxygen atoms in total. The Kier molecular flexibility index (Phi) is 4.60. The van der Waals surface area contributed by atoms with Gasteiger partial charge < -0.3 is 10.2 Å². The number of para-hydroxylation sites is 1. The predicted octanol–water partition coefficient (Wildman–Crippen LogP) is 1.70. The van der Waals surface area contributed by atoms with E-state index in [9.17, 15) is 9.59 Å². The van der Waals surface area contributed by atoms with Crippen molar-refractivity contribution in [3.05, 3.63) is 40.2 Å². The van der Waals surface area contributed by atoms with Gasteiger partial charge in [0.2, 0.25) is 5.43 Å². The molecular formula is C17H21ClN4O2. The number of H-pyrrole nitrogens is 1. The van der Waals surface area contributed by atoms with Crippen LogP contribution in [0.3, 0.4) is 0 Å². The molecule has 128 valence electrons. The zero-order valence-electron chi connectivity index (χ0n) is 13.5. The van der Waals surface area contributed by atoms with E-state index in [2.05, 4.69) is 27.5 Å². The van der Waals surface area contributed by atoms with E-state index >= 15 is 0 Å². The topological polar surface area (TPSA) is 78.1 Å². The van der Waals surface area contributed by atoms with Gasteiger partial charge in [0.1, 0.15) is 0 Å². The van der Waals surface area contributed by atoms with Crippen LogP contribution >= 0.6 is 12.4 Å². The van der Waals surface area contributed by atoms with E-state index in [0.29, 0.717) is 23.0 Å². The summed E-state index contributed by atoms with van der Waals surface area (Å²) in [5.41, 5.74) is 0.286. The lowest BCUT2D eigenvalue weighted by Crippen LogP contribution is -2.49. The third-order valence-electron chi connectivity index (χ3n) is 5.32. The Labute approximate surface area is 146 Å². The molecule has 1 aromatic carbocycles. The number of aromatic nitrogens is 2. The van der Waals surface area contributed by atoms with Crippen LogP contribution in [0.1, 0.15) is 36.2 Å². The minimum absolute atomic E-state index is 0. The molecular weight excluding hydrogens is 328 g/mol. The fraction of sp³-hybridized carbons (Fsp3) is 0.471. The number of halogens is 1. The van der Waals surface area contributed by atoms with Crippen LogP contribution in [0.4, 0.5) is 0 Å². The minimum Gasteiger partial charge on any atom is -0.348 e. The number of aromatic amines is 1. The van der Waals surface area contributed by atoms with Crippen LogP contribution in [-0.4, -0.2) is 46.2 Å². The Balaban J connectivity index is 0.00000169. The van der Waals surface area contributed by atoms with E-state index in [-0.39, 0.29) is 35.5 Å². The molecule has 2 aliphatic heterocycles. The lowest BCUT2D eigenvalue weighted by molar-refractivity contribution is 0.0875. The van der Waals surface area contributed by atoms with Gasteiger partial charge in [-0.2, -0.15) is 5.10 Å². The molecule has 7 heteroatoms. The molecule has 2 bridgehead atoms. The number of amides is 1. The summed E-state index contributed by atoms with van der Waals surface area (Å²) in [6.07, 6.45) is 4.29. The molecule has 3 heterocycles. The summed E-state index contributed by atoms with van der Waals surface area (Å²) < 4.78 is 0. The number of carbonyl (C=O) groups is 1. The van der Waals surface area contributed by atoms with Crippen LogP contribution in [0, 0.1) is 0 Å². The average Bonchev–Trinajstić information content (AvgIpc) is 2.77. The first-order valence-electron chi connectivity index (χ1n) is 8.13. The molecule has 2 N–H and O–H groups in total. The fourth-order valence-electron chi connectivity index (χ4n) is 4.01. The molecule has 2 unspecified atom stereocenters. The molecule has 0 saturated carbocycles. The number of nitrogens with one attached hydrogen (secondary N) is 2. The molecule has 2 atom stereocenters. The molecule has 2 aliphatic rings. The zero-order valence-corrected chi connectivity index (χ0v) is 14.3. The first kappa shape index (κ1) is 16.9. The number of benzene rings is 1. The number of carbonyl (C=O) groups excluding carboxylic acids is 1. The van der Waals surface area contributed by atoms with Crippen LogP contribution < -0.4 is 10.7 Å². The maximum Gasteiger partial charge on any atom is 0.276 e. The van der Waals surface area contributed by atoms with Gasteiger partial charge in [0.15, 0.2) is 5.69 Å². The van der Waals surface area contributed by atoms with Crippen LogP contribution in [0.25, 0.3) is 10.9 Å². The van der Waals surface area contributed by atoms with Crippen molar-refractivity contribution < 1.29 is 4.79 Å². The van der Waals surface area contributed by atoms with E-state index in [4.69, 9.17) is 0 Å². The quantitative estimate of drug-likeness (QED) is 0.866. The van der Waals surface area contributed by atoms with Crippen molar-refractivity contribution in [3.8, 4) is 0 Å². The van der Waals surface area contributed by atoms with Gasteiger partial charge >= 0.3 is 0 Å². The molecule has 2 fully saturated rings. The van der Waals surface area contributed by atoms with Crippen LogP contribution in [0.15, 0.2) is 29.1 Å². The highest BCUT2D eigenvalue weighted by Crippen LogP contribution is 2.34. The third-order valence-corrected chi connectivity index (χ3v) is 5.32. The summed E-state index contributed by atoms with van der Waals surface area (Å²) in [6, 6.07) is 8.32. The van der Waals surface area contributed by atoms with Gasteiger partial charge in [-0.25, -0.2) is 0 Å². The lowest BCUT2D eigenvalue weighted by Gasteiger charge is -2.36. The maximum absolute atomic E-state index is 12.5. The number of fused-ring (bicyclic) bond motifs is 3. The van der Waals surface area contributed by atoms with Crippen molar-refractivity contribution in [1.29, 1.82) is 0 Å². The maximum atomic E-state index is 12.5. The standard InChI is InChI=1S/C17H20N4O2.ClH/c1-21-11-6-7-12(21)9-10(8-11)18-17(23)15-16(22)13-4-2-3-5-14(13)19-20-15;/h2-5,10-12H,6-9H2,1H3,(H,18,23)(H,19,22);1H. The highest BCUT2D eigenvalue weighted by molar-refractivity contribution is 5.95. The van der Waals surface area contributed by atoms with E-state index < -0.39 is 0 Å². The lowest BCUT2D eigenvalue weighted by atomic mass is 9.98. The average molecular weight is 349 g/mol. The number of hydrogen-bond donors (Lipinski definition) is 2. The normalized spacial score (nSPS) is 26.1. The van der Waals surface area contributed by atoms with Crippen molar-refractivity contribution in [2.45, 2.75) is 43.8 Å².